The summed E-state index contributed by atoms with van der Waals surface area (Å²) in [6, 6.07) is 6.17. The molecule has 0 unspecified atom stereocenters. The maximum atomic E-state index is 13.1. The van der Waals surface area contributed by atoms with E-state index in [1.807, 2.05) is 20.2 Å². The second kappa shape index (κ2) is 9.41. The van der Waals surface area contributed by atoms with E-state index in [2.05, 4.69) is 15.3 Å². The first kappa shape index (κ1) is 24.2. The third kappa shape index (κ3) is 3.96. The van der Waals surface area contributed by atoms with Gasteiger partial charge in [-0.15, -0.1) is 24.8 Å². The molecule has 0 bridgehead atoms. The highest BCUT2D eigenvalue weighted by Gasteiger charge is 2.34. The lowest BCUT2D eigenvalue weighted by molar-refractivity contribution is 0.103. The van der Waals surface area contributed by atoms with Crippen LogP contribution in [0.5, 0.6) is 11.5 Å². The van der Waals surface area contributed by atoms with Crippen molar-refractivity contribution < 1.29 is 15.0 Å². The molecule has 0 saturated carbocycles. The summed E-state index contributed by atoms with van der Waals surface area (Å²) in [7, 11) is 4.04. The zero-order valence-corrected chi connectivity index (χ0v) is 18.9. The van der Waals surface area contributed by atoms with Gasteiger partial charge in [-0.3, -0.25) is 9.48 Å². The maximum absolute atomic E-state index is 13.1. The topological polar surface area (TPSA) is 90.6 Å². The predicted octanol–water partition coefficient (Wildman–Crippen LogP) is 3.31. The van der Waals surface area contributed by atoms with Gasteiger partial charge in [0.1, 0.15) is 17.2 Å². The molecule has 2 aromatic carbocycles. The smallest absolute Gasteiger partial charge is 0.199 e. The summed E-state index contributed by atoms with van der Waals surface area (Å²) >= 11 is 6.33. The molecule has 0 spiro atoms. The van der Waals surface area contributed by atoms with E-state index < -0.39 is 5.78 Å². The molecule has 4 rings (SSSR count). The predicted molar refractivity (Wildman–Crippen MR) is 123 cm³/mol. The van der Waals surface area contributed by atoms with Crippen molar-refractivity contribution in [1.29, 1.82) is 0 Å². The minimum Gasteiger partial charge on any atom is -0.507 e. The molecule has 0 amide bonds. The molecule has 3 aromatic rings. The van der Waals surface area contributed by atoms with E-state index in [4.69, 9.17) is 11.6 Å². The zero-order chi connectivity index (χ0) is 20.0. The van der Waals surface area contributed by atoms with Gasteiger partial charge >= 0.3 is 0 Å². The quantitative estimate of drug-likeness (QED) is 0.294. The number of phenols is 2. The Hall–Kier alpha value is -2.03. The van der Waals surface area contributed by atoms with Gasteiger partial charge in [-0.25, -0.2) is 0 Å². The van der Waals surface area contributed by atoms with E-state index in [1.165, 1.54) is 12.1 Å². The molecule has 0 radical (unpaired) electrons. The van der Waals surface area contributed by atoms with Crippen molar-refractivity contribution >= 4 is 53.1 Å². The van der Waals surface area contributed by atoms with Gasteiger partial charge in [0.15, 0.2) is 5.78 Å². The summed E-state index contributed by atoms with van der Waals surface area (Å²) in [6.45, 7) is 3.08. The Bertz CT molecular complexity index is 1100. The lowest BCUT2D eigenvalue weighted by Gasteiger charge is -2.17. The van der Waals surface area contributed by atoms with Gasteiger partial charge in [0.05, 0.1) is 33.8 Å². The minimum absolute atomic E-state index is 0. The van der Waals surface area contributed by atoms with Crippen molar-refractivity contribution in [3.05, 3.63) is 40.4 Å². The number of rotatable bonds is 6. The number of carbonyl (C=O) groups is 1. The SMILES string of the molecule is CN(C)CCNCCn1nc2c3c(c(Cl)ccc31)C(=O)c1c(O)ccc(O)c1-2.Cl.Cl. The molecule has 0 saturated heterocycles. The molecule has 0 aliphatic heterocycles. The summed E-state index contributed by atoms with van der Waals surface area (Å²) in [5, 5.41) is 29.6. The number of fused-ring (bicyclic) bond motifs is 2. The van der Waals surface area contributed by atoms with Crippen LogP contribution in [0.25, 0.3) is 22.2 Å². The largest absolute Gasteiger partial charge is 0.507 e. The van der Waals surface area contributed by atoms with Crippen LogP contribution in [-0.2, 0) is 6.54 Å². The average molecular weight is 474 g/mol. The Kier molecular flexibility index (Phi) is 7.60. The molecule has 7 nitrogen and oxygen atoms in total. The Labute approximate surface area is 191 Å². The fourth-order valence-corrected chi connectivity index (χ4v) is 3.84. The monoisotopic (exact) mass is 472 g/mol. The van der Waals surface area contributed by atoms with Crippen molar-refractivity contribution in [2.75, 3.05) is 33.7 Å². The molecule has 162 valence electrons. The van der Waals surface area contributed by atoms with Crippen molar-refractivity contribution in [3.8, 4) is 22.8 Å². The number of carbonyl (C=O) groups excluding carboxylic acids is 1. The lowest BCUT2D eigenvalue weighted by Crippen LogP contribution is -2.29. The van der Waals surface area contributed by atoms with E-state index in [0.29, 0.717) is 34.8 Å². The normalized spacial score (nSPS) is 11.9. The first-order valence-corrected chi connectivity index (χ1v) is 9.42. The van der Waals surface area contributed by atoms with E-state index in [1.54, 1.807) is 10.7 Å². The first-order valence-electron chi connectivity index (χ1n) is 9.04. The number of aromatic hydroxyl groups is 2. The molecule has 1 aliphatic carbocycles. The summed E-state index contributed by atoms with van der Waals surface area (Å²) in [4.78, 5) is 15.2. The van der Waals surface area contributed by atoms with Gasteiger partial charge in [-0.1, -0.05) is 11.6 Å². The molecule has 1 aromatic heterocycles. The molecule has 0 atom stereocenters. The molecule has 30 heavy (non-hydrogen) atoms. The van der Waals surface area contributed by atoms with Gasteiger partial charge in [0.25, 0.3) is 0 Å². The highest BCUT2D eigenvalue weighted by Crippen LogP contribution is 2.47. The van der Waals surface area contributed by atoms with Crippen LogP contribution in [0.4, 0.5) is 0 Å². The van der Waals surface area contributed by atoms with Gasteiger partial charge in [-0.05, 0) is 38.4 Å². The van der Waals surface area contributed by atoms with Crippen molar-refractivity contribution in [2.24, 2.45) is 0 Å². The van der Waals surface area contributed by atoms with Crippen molar-refractivity contribution in [3.63, 3.8) is 0 Å². The highest BCUT2D eigenvalue weighted by molar-refractivity contribution is 6.39. The second-order valence-electron chi connectivity index (χ2n) is 7.12. The Balaban J connectivity index is 0.00000160. The number of nitrogens with zero attached hydrogens (tertiary/aromatic N) is 3. The third-order valence-electron chi connectivity index (χ3n) is 4.96. The van der Waals surface area contributed by atoms with Crippen LogP contribution in [0.2, 0.25) is 5.02 Å². The minimum atomic E-state index is -0.407. The molecule has 10 heteroatoms. The highest BCUT2D eigenvalue weighted by atomic mass is 35.5. The number of ketones is 1. The van der Waals surface area contributed by atoms with Gasteiger partial charge in [0, 0.05) is 25.0 Å². The lowest BCUT2D eigenvalue weighted by atomic mass is 9.86. The van der Waals surface area contributed by atoms with Crippen LogP contribution in [0.3, 0.4) is 0 Å². The van der Waals surface area contributed by atoms with Crippen molar-refractivity contribution in [2.45, 2.75) is 6.54 Å². The molecular formula is C20H23Cl3N4O3. The Morgan fingerprint density at radius 3 is 2.37 bits per heavy atom. The molecular weight excluding hydrogens is 451 g/mol. The van der Waals surface area contributed by atoms with Crippen LogP contribution >= 0.6 is 36.4 Å². The number of hydrogen-bond donors (Lipinski definition) is 3. The summed E-state index contributed by atoms with van der Waals surface area (Å²) in [6.07, 6.45) is 0. The Morgan fingerprint density at radius 1 is 1.03 bits per heavy atom. The average Bonchev–Trinajstić information content (AvgIpc) is 3.00. The van der Waals surface area contributed by atoms with Crippen LogP contribution in [0.1, 0.15) is 15.9 Å². The van der Waals surface area contributed by atoms with Crippen LogP contribution in [0, 0.1) is 0 Å². The number of aromatic nitrogens is 2. The third-order valence-corrected chi connectivity index (χ3v) is 5.27. The molecule has 0 fully saturated rings. The number of nitrogens with one attached hydrogen (secondary N) is 1. The van der Waals surface area contributed by atoms with Gasteiger partial charge < -0.3 is 20.4 Å². The second-order valence-corrected chi connectivity index (χ2v) is 7.53. The number of phenolic OH excluding ortho intramolecular Hbond substituents is 2. The number of benzene rings is 2. The van der Waals surface area contributed by atoms with E-state index in [-0.39, 0.29) is 47.4 Å². The number of halogens is 3. The summed E-state index contributed by atoms with van der Waals surface area (Å²) in [5.41, 5.74) is 1.84. The summed E-state index contributed by atoms with van der Waals surface area (Å²) in [5.74, 6) is -0.700. The zero-order valence-electron chi connectivity index (χ0n) is 16.5. The standard InChI is InChI=1S/C20H21ClN4O3.2ClH/c1-24(2)9-7-22-8-10-25-12-4-3-11(21)15-16(12)19(23-25)17-13(26)5-6-14(27)18(17)20(15)28;;/h3-6,22,26-27H,7-10H2,1-2H3;2*1H. The fraction of sp³-hybridized carbons (Fsp3) is 0.300. The molecule has 1 heterocycles. The number of likely N-dealkylation sites (N-methyl/N-ethyl adjacent to an activating group) is 1. The Morgan fingerprint density at radius 2 is 1.70 bits per heavy atom. The maximum Gasteiger partial charge on any atom is 0.199 e. The van der Waals surface area contributed by atoms with Crippen molar-refractivity contribution in [1.82, 2.24) is 20.0 Å². The fourth-order valence-electron chi connectivity index (χ4n) is 3.60. The number of hydrogen-bond acceptors (Lipinski definition) is 6. The molecule has 1 aliphatic rings. The van der Waals surface area contributed by atoms with Gasteiger partial charge in [0.2, 0.25) is 0 Å². The first-order chi connectivity index (χ1) is 13.4. The van der Waals surface area contributed by atoms with Crippen LogP contribution in [-0.4, -0.2) is 64.4 Å². The van der Waals surface area contributed by atoms with Gasteiger partial charge in [-0.2, -0.15) is 5.10 Å². The van der Waals surface area contributed by atoms with E-state index in [9.17, 15) is 15.0 Å². The van der Waals surface area contributed by atoms with E-state index in [0.717, 1.165) is 18.6 Å². The molecule has 3 N–H and O–H groups in total. The van der Waals surface area contributed by atoms with Crippen LogP contribution < -0.4 is 5.32 Å². The summed E-state index contributed by atoms with van der Waals surface area (Å²) < 4.78 is 1.80. The van der Waals surface area contributed by atoms with Crippen LogP contribution in [0.15, 0.2) is 24.3 Å². The van der Waals surface area contributed by atoms with E-state index >= 15 is 0 Å².